The van der Waals surface area contributed by atoms with Crippen molar-refractivity contribution in [3.05, 3.63) is 102 Å². The predicted molar refractivity (Wildman–Crippen MR) is 129 cm³/mol. The van der Waals surface area contributed by atoms with Gasteiger partial charge in [-0.05, 0) is 41.5 Å². The minimum atomic E-state index is -2.88. The van der Waals surface area contributed by atoms with Crippen molar-refractivity contribution >= 4 is 5.65 Å². The number of hydrogen-bond donors (Lipinski definition) is 0. The summed E-state index contributed by atoms with van der Waals surface area (Å²) >= 11 is 0. The van der Waals surface area contributed by atoms with Crippen molar-refractivity contribution in [2.24, 2.45) is 0 Å². The van der Waals surface area contributed by atoms with E-state index in [0.29, 0.717) is 42.5 Å². The van der Waals surface area contributed by atoms with Gasteiger partial charge in [-0.2, -0.15) is 8.78 Å². The van der Waals surface area contributed by atoms with Crippen molar-refractivity contribution in [3.8, 4) is 28.8 Å². The summed E-state index contributed by atoms with van der Waals surface area (Å²) in [5.74, 6) is 1.83. The third-order valence-electron chi connectivity index (χ3n) is 5.45. The van der Waals surface area contributed by atoms with Gasteiger partial charge in [-0.15, -0.1) is 10.2 Å². The molecule has 5 rings (SSSR count). The van der Waals surface area contributed by atoms with Crippen LogP contribution in [0.25, 0.3) is 17.0 Å². The average molecular weight is 488 g/mol. The van der Waals surface area contributed by atoms with E-state index in [-0.39, 0.29) is 5.75 Å². The van der Waals surface area contributed by atoms with Crippen LogP contribution < -0.4 is 14.2 Å². The summed E-state index contributed by atoms with van der Waals surface area (Å²) in [5.41, 5.74) is 3.28. The summed E-state index contributed by atoms with van der Waals surface area (Å²) in [7, 11) is 0. The molecular weight excluding hydrogens is 466 g/mol. The Balaban J connectivity index is 1.30. The van der Waals surface area contributed by atoms with Gasteiger partial charge in [-0.1, -0.05) is 48.5 Å². The summed E-state index contributed by atoms with van der Waals surface area (Å²) < 4.78 is 43.2. The van der Waals surface area contributed by atoms with Crippen LogP contribution in [0.3, 0.4) is 0 Å². The number of ether oxygens (including phenoxy) is 3. The molecule has 0 aliphatic rings. The molecule has 0 radical (unpaired) electrons. The van der Waals surface area contributed by atoms with E-state index >= 15 is 0 Å². The van der Waals surface area contributed by atoms with Crippen LogP contribution in [0.4, 0.5) is 8.78 Å². The molecule has 0 aliphatic carbocycles. The quantitative estimate of drug-likeness (QED) is 0.255. The predicted octanol–water partition coefficient (Wildman–Crippen LogP) is 5.59. The topological polar surface area (TPSA) is 70.8 Å². The van der Waals surface area contributed by atoms with Gasteiger partial charge in [0, 0.05) is 12.0 Å². The Labute approximate surface area is 205 Å². The van der Waals surface area contributed by atoms with E-state index in [1.807, 2.05) is 54.6 Å². The van der Waals surface area contributed by atoms with Gasteiger partial charge >= 0.3 is 6.61 Å². The first kappa shape index (κ1) is 23.2. The number of benzene rings is 3. The molecule has 7 nitrogen and oxygen atoms in total. The number of hydrogen-bond acceptors (Lipinski definition) is 6. The van der Waals surface area contributed by atoms with Gasteiger partial charge in [0.1, 0.15) is 18.1 Å². The number of alkyl halides is 2. The normalized spacial score (nSPS) is 11.1. The van der Waals surface area contributed by atoms with Gasteiger partial charge in [0.2, 0.25) is 5.88 Å². The molecule has 0 fully saturated rings. The fourth-order valence-corrected chi connectivity index (χ4v) is 3.75. The van der Waals surface area contributed by atoms with Crippen molar-refractivity contribution in [1.82, 2.24) is 19.6 Å². The zero-order valence-corrected chi connectivity index (χ0v) is 19.1. The summed E-state index contributed by atoms with van der Waals surface area (Å²) in [6.45, 7) is -2.04. The number of nitrogens with zero attached hydrogens (tertiary/aromatic N) is 4. The van der Waals surface area contributed by atoms with Crippen molar-refractivity contribution in [2.75, 3.05) is 6.61 Å². The van der Waals surface area contributed by atoms with Gasteiger partial charge in [-0.25, -0.2) is 4.40 Å². The third kappa shape index (κ3) is 5.41. The molecule has 0 atom stereocenters. The highest BCUT2D eigenvalue weighted by Crippen LogP contribution is 2.26. The van der Waals surface area contributed by atoms with E-state index in [4.69, 9.17) is 9.47 Å². The Morgan fingerprint density at radius 3 is 2.39 bits per heavy atom. The first-order chi connectivity index (χ1) is 17.7. The SMILES string of the molecule is FC(F)Oc1ccc(-c2nnc3cncc(OCCc4ccccc4OCc4ccccc4)n23)cc1. The van der Waals surface area contributed by atoms with Crippen LogP contribution in [0.5, 0.6) is 17.4 Å². The molecule has 2 heterocycles. The van der Waals surface area contributed by atoms with Crippen molar-refractivity contribution < 1.29 is 23.0 Å². The monoisotopic (exact) mass is 488 g/mol. The van der Waals surface area contributed by atoms with Crippen LogP contribution in [0.1, 0.15) is 11.1 Å². The lowest BCUT2D eigenvalue weighted by molar-refractivity contribution is -0.0498. The van der Waals surface area contributed by atoms with E-state index in [9.17, 15) is 8.78 Å². The second-order valence-electron chi connectivity index (χ2n) is 7.85. The number of rotatable bonds is 10. The molecule has 0 saturated heterocycles. The van der Waals surface area contributed by atoms with Gasteiger partial charge in [0.15, 0.2) is 11.5 Å². The largest absolute Gasteiger partial charge is 0.489 e. The molecule has 0 amide bonds. The van der Waals surface area contributed by atoms with E-state index in [1.54, 1.807) is 28.9 Å². The Morgan fingerprint density at radius 1 is 0.806 bits per heavy atom. The molecule has 0 unspecified atom stereocenters. The molecule has 9 heteroatoms. The fourth-order valence-electron chi connectivity index (χ4n) is 3.75. The highest BCUT2D eigenvalue weighted by molar-refractivity contribution is 5.61. The van der Waals surface area contributed by atoms with Crippen LogP contribution in [-0.2, 0) is 13.0 Å². The van der Waals surface area contributed by atoms with Crippen molar-refractivity contribution in [1.29, 1.82) is 0 Å². The smallest absolute Gasteiger partial charge is 0.387 e. The lowest BCUT2D eigenvalue weighted by Gasteiger charge is -2.13. The average Bonchev–Trinajstić information content (AvgIpc) is 3.34. The Morgan fingerprint density at radius 2 is 1.58 bits per heavy atom. The van der Waals surface area contributed by atoms with Crippen LogP contribution in [0.15, 0.2) is 91.3 Å². The molecule has 182 valence electrons. The van der Waals surface area contributed by atoms with Crippen LogP contribution in [0.2, 0.25) is 0 Å². The first-order valence-electron chi connectivity index (χ1n) is 11.3. The molecular formula is C27H22F2N4O3. The lowest BCUT2D eigenvalue weighted by atomic mass is 10.1. The number of halogens is 2. The minimum absolute atomic E-state index is 0.0638. The van der Waals surface area contributed by atoms with E-state index in [1.165, 1.54) is 12.1 Å². The van der Waals surface area contributed by atoms with Crippen LogP contribution in [-0.4, -0.2) is 32.8 Å². The fraction of sp³-hybridized carbons (Fsp3) is 0.148. The maximum atomic E-state index is 12.5. The van der Waals surface area contributed by atoms with E-state index < -0.39 is 6.61 Å². The second kappa shape index (κ2) is 10.8. The van der Waals surface area contributed by atoms with Crippen LogP contribution >= 0.6 is 0 Å². The number of para-hydroxylation sites is 1. The van der Waals surface area contributed by atoms with Crippen molar-refractivity contribution in [3.63, 3.8) is 0 Å². The molecule has 0 saturated carbocycles. The summed E-state index contributed by atoms with van der Waals surface area (Å²) in [4.78, 5) is 4.20. The first-order valence-corrected chi connectivity index (χ1v) is 11.3. The Hall–Kier alpha value is -4.53. The van der Waals surface area contributed by atoms with Gasteiger partial charge < -0.3 is 14.2 Å². The molecule has 0 N–H and O–H groups in total. The maximum Gasteiger partial charge on any atom is 0.387 e. The van der Waals surface area contributed by atoms with Gasteiger partial charge in [0.05, 0.1) is 19.0 Å². The van der Waals surface area contributed by atoms with E-state index in [2.05, 4.69) is 19.9 Å². The molecule has 0 spiro atoms. The van der Waals surface area contributed by atoms with Crippen LogP contribution in [0, 0.1) is 0 Å². The molecule has 36 heavy (non-hydrogen) atoms. The summed E-state index contributed by atoms with van der Waals surface area (Å²) in [5, 5.41) is 8.39. The third-order valence-corrected chi connectivity index (χ3v) is 5.45. The maximum absolute atomic E-state index is 12.5. The number of aromatic nitrogens is 4. The van der Waals surface area contributed by atoms with Gasteiger partial charge in [0.25, 0.3) is 0 Å². The molecule has 0 aliphatic heterocycles. The summed E-state index contributed by atoms with van der Waals surface area (Å²) in [6, 6.07) is 24.0. The molecule has 0 bridgehead atoms. The second-order valence-corrected chi connectivity index (χ2v) is 7.85. The summed E-state index contributed by atoms with van der Waals surface area (Å²) in [6.07, 6.45) is 3.77. The number of fused-ring (bicyclic) bond motifs is 1. The standard InChI is InChI=1S/C27H22F2N4O3/c28-27(29)36-22-12-10-21(11-13-22)26-32-31-24-16-30-17-25(33(24)26)34-15-14-20-8-4-5-9-23(20)35-18-19-6-2-1-3-7-19/h1-13,16-17,27H,14-15,18H2. The van der Waals surface area contributed by atoms with Crippen molar-refractivity contribution in [2.45, 2.75) is 19.6 Å². The molecule has 5 aromatic rings. The molecule has 3 aromatic carbocycles. The minimum Gasteiger partial charge on any atom is -0.489 e. The Bertz CT molecular complexity index is 1430. The highest BCUT2D eigenvalue weighted by Gasteiger charge is 2.14. The van der Waals surface area contributed by atoms with Gasteiger partial charge in [-0.3, -0.25) is 4.98 Å². The zero-order chi connectivity index (χ0) is 24.7. The lowest BCUT2D eigenvalue weighted by Crippen LogP contribution is -2.07. The highest BCUT2D eigenvalue weighted by atomic mass is 19.3. The molecule has 2 aromatic heterocycles. The Kier molecular flexibility index (Phi) is 6.98. The van der Waals surface area contributed by atoms with E-state index in [0.717, 1.165) is 16.9 Å². The zero-order valence-electron chi connectivity index (χ0n) is 19.1.